The molecule has 1 amide bonds. The SMILES string of the molecule is COc1cc(O)c(-c2nnc(C(=O)NC3CC3)n2-c2ccc(CN3CCN(C)CC3)cc2Cl)cc1C(C)C. The summed E-state index contributed by atoms with van der Waals surface area (Å²) in [4.78, 5) is 17.9. The third-order valence-corrected chi connectivity index (χ3v) is 7.55. The lowest BCUT2D eigenvalue weighted by molar-refractivity contribution is 0.0938. The third kappa shape index (κ3) is 5.50. The highest BCUT2D eigenvalue weighted by Crippen LogP contribution is 2.39. The largest absolute Gasteiger partial charge is 0.507 e. The molecule has 2 N–H and O–H groups in total. The van der Waals surface area contributed by atoms with Crippen molar-refractivity contribution in [2.45, 2.75) is 45.2 Å². The number of aromatic nitrogens is 3. The van der Waals surface area contributed by atoms with Crippen molar-refractivity contribution in [3.8, 4) is 28.6 Å². The molecule has 1 aromatic heterocycles. The number of hydrogen-bond acceptors (Lipinski definition) is 7. The Morgan fingerprint density at radius 3 is 2.53 bits per heavy atom. The van der Waals surface area contributed by atoms with Crippen molar-refractivity contribution in [2.75, 3.05) is 40.3 Å². The van der Waals surface area contributed by atoms with E-state index < -0.39 is 0 Å². The third-order valence-electron chi connectivity index (χ3n) is 7.24. The van der Waals surface area contributed by atoms with Gasteiger partial charge in [-0.05, 0) is 55.1 Å². The van der Waals surface area contributed by atoms with E-state index >= 15 is 0 Å². The summed E-state index contributed by atoms with van der Waals surface area (Å²) < 4.78 is 7.14. The van der Waals surface area contributed by atoms with E-state index in [9.17, 15) is 9.90 Å². The number of likely N-dealkylation sites (N-methyl/N-ethyl adjacent to an activating group) is 1. The lowest BCUT2D eigenvalue weighted by Crippen LogP contribution is -2.43. The molecule has 2 heterocycles. The fraction of sp³-hybridized carbons (Fsp3) is 0.464. The summed E-state index contributed by atoms with van der Waals surface area (Å²) in [5.74, 6) is 0.850. The molecule has 0 unspecified atom stereocenters. The van der Waals surface area contributed by atoms with Crippen LogP contribution in [0, 0.1) is 0 Å². The van der Waals surface area contributed by atoms with E-state index in [-0.39, 0.29) is 29.4 Å². The van der Waals surface area contributed by atoms with Crippen LogP contribution >= 0.6 is 11.6 Å². The second kappa shape index (κ2) is 10.9. The maximum Gasteiger partial charge on any atom is 0.289 e. The monoisotopic (exact) mass is 538 g/mol. The summed E-state index contributed by atoms with van der Waals surface area (Å²) in [5, 5.41) is 23.1. The molecule has 0 bridgehead atoms. The van der Waals surface area contributed by atoms with Crippen molar-refractivity contribution >= 4 is 17.5 Å². The van der Waals surface area contributed by atoms with E-state index in [1.54, 1.807) is 17.7 Å². The molecule has 1 aliphatic heterocycles. The molecule has 0 spiro atoms. The number of phenolic OH excluding ortho intramolecular Hbond substituents is 1. The first-order valence-electron chi connectivity index (χ1n) is 13.1. The van der Waals surface area contributed by atoms with Crippen LogP contribution in [-0.2, 0) is 6.54 Å². The van der Waals surface area contributed by atoms with Gasteiger partial charge in [-0.25, -0.2) is 0 Å². The number of methoxy groups -OCH3 is 1. The van der Waals surface area contributed by atoms with Crippen LogP contribution in [0.1, 0.15) is 54.4 Å². The van der Waals surface area contributed by atoms with Crippen LogP contribution in [-0.4, -0.2) is 82.0 Å². The predicted molar refractivity (Wildman–Crippen MR) is 147 cm³/mol. The number of piperazine rings is 1. The predicted octanol–water partition coefficient (Wildman–Crippen LogP) is 4.06. The lowest BCUT2D eigenvalue weighted by Gasteiger charge is -2.32. The number of amides is 1. The molecule has 0 radical (unpaired) electrons. The van der Waals surface area contributed by atoms with Crippen LogP contribution in [0.15, 0.2) is 30.3 Å². The molecule has 1 saturated carbocycles. The average molecular weight is 539 g/mol. The first kappa shape index (κ1) is 26.5. The Morgan fingerprint density at radius 1 is 1.16 bits per heavy atom. The zero-order valence-electron chi connectivity index (χ0n) is 22.4. The average Bonchev–Trinajstić information content (AvgIpc) is 3.60. The summed E-state index contributed by atoms with van der Waals surface area (Å²) >= 11 is 6.87. The Balaban J connectivity index is 1.56. The van der Waals surface area contributed by atoms with Crippen LogP contribution in [0.5, 0.6) is 11.5 Å². The second-order valence-corrected chi connectivity index (χ2v) is 11.0. The maximum atomic E-state index is 13.2. The normalized spacial score (nSPS) is 16.7. The second-order valence-electron chi connectivity index (χ2n) is 10.6. The Hall–Kier alpha value is -3.14. The minimum absolute atomic E-state index is 0.0168. The fourth-order valence-electron chi connectivity index (χ4n) is 4.80. The first-order valence-corrected chi connectivity index (χ1v) is 13.5. The molecule has 202 valence electrons. The number of ether oxygens (including phenoxy) is 1. The standard InChI is InChI=1S/C28H35ClN6O3/c1-17(2)20-14-21(24(36)15-25(20)38-4)26-31-32-27(28(37)30-19-6-7-19)35(26)23-8-5-18(13-22(23)29)16-34-11-9-33(3)10-12-34/h5,8,13-15,17,19,36H,6-7,9-12,16H2,1-4H3,(H,30,37). The van der Waals surface area contributed by atoms with Crippen LogP contribution in [0.3, 0.4) is 0 Å². The molecule has 5 rings (SSSR count). The number of nitrogens with zero attached hydrogens (tertiary/aromatic N) is 5. The van der Waals surface area contributed by atoms with Gasteiger partial charge in [0, 0.05) is 44.8 Å². The molecule has 1 saturated heterocycles. The van der Waals surface area contributed by atoms with Crippen LogP contribution in [0.4, 0.5) is 0 Å². The highest BCUT2D eigenvalue weighted by Gasteiger charge is 2.30. The van der Waals surface area contributed by atoms with Crippen LogP contribution < -0.4 is 10.1 Å². The molecule has 2 aliphatic rings. The van der Waals surface area contributed by atoms with Gasteiger partial charge in [-0.2, -0.15) is 0 Å². The zero-order valence-corrected chi connectivity index (χ0v) is 23.1. The molecule has 0 atom stereocenters. The summed E-state index contributed by atoms with van der Waals surface area (Å²) in [6.07, 6.45) is 1.90. The number of benzene rings is 2. The van der Waals surface area contributed by atoms with Gasteiger partial charge in [0.25, 0.3) is 5.91 Å². The first-order chi connectivity index (χ1) is 18.2. The van der Waals surface area contributed by atoms with Gasteiger partial charge in [-0.1, -0.05) is 31.5 Å². The van der Waals surface area contributed by atoms with Crippen molar-refractivity contribution < 1.29 is 14.6 Å². The number of nitrogens with one attached hydrogen (secondary N) is 1. The van der Waals surface area contributed by atoms with Gasteiger partial charge in [0.15, 0.2) is 5.82 Å². The van der Waals surface area contributed by atoms with Gasteiger partial charge in [0.1, 0.15) is 11.5 Å². The smallest absolute Gasteiger partial charge is 0.289 e. The van der Waals surface area contributed by atoms with Gasteiger partial charge >= 0.3 is 0 Å². The van der Waals surface area contributed by atoms with E-state index in [2.05, 4.69) is 32.4 Å². The molecule has 2 fully saturated rings. The van der Waals surface area contributed by atoms with Gasteiger partial charge in [-0.15, -0.1) is 10.2 Å². The van der Waals surface area contributed by atoms with Gasteiger partial charge in [0.05, 0.1) is 23.4 Å². The van der Waals surface area contributed by atoms with Crippen molar-refractivity contribution in [1.82, 2.24) is 29.9 Å². The molecule has 38 heavy (non-hydrogen) atoms. The number of halogens is 1. The quantitative estimate of drug-likeness (QED) is 0.446. The zero-order chi connectivity index (χ0) is 27.0. The Morgan fingerprint density at radius 2 is 1.89 bits per heavy atom. The van der Waals surface area contributed by atoms with Crippen LogP contribution in [0.25, 0.3) is 17.1 Å². The molecule has 3 aromatic rings. The van der Waals surface area contributed by atoms with E-state index in [0.29, 0.717) is 27.8 Å². The maximum absolute atomic E-state index is 13.2. The number of phenols is 1. The summed E-state index contributed by atoms with van der Waals surface area (Å²) in [5.41, 5.74) is 3.03. The van der Waals surface area contributed by atoms with Crippen molar-refractivity contribution in [1.29, 1.82) is 0 Å². The molecular weight excluding hydrogens is 504 g/mol. The molecule has 10 heteroatoms. The fourth-order valence-corrected chi connectivity index (χ4v) is 5.09. The number of hydrogen-bond donors (Lipinski definition) is 2. The highest BCUT2D eigenvalue weighted by atomic mass is 35.5. The lowest BCUT2D eigenvalue weighted by atomic mass is 9.98. The summed E-state index contributed by atoms with van der Waals surface area (Å²) in [6, 6.07) is 9.44. The number of aromatic hydroxyl groups is 1. The van der Waals surface area contributed by atoms with Crippen molar-refractivity contribution in [2.24, 2.45) is 0 Å². The number of carbonyl (C=O) groups excluding carboxylic acids is 1. The van der Waals surface area contributed by atoms with E-state index in [4.69, 9.17) is 16.3 Å². The summed E-state index contributed by atoms with van der Waals surface area (Å²) in [6.45, 7) is 8.99. The Kier molecular flexibility index (Phi) is 7.61. The summed E-state index contributed by atoms with van der Waals surface area (Å²) in [7, 11) is 3.72. The Labute approximate surface area is 228 Å². The van der Waals surface area contributed by atoms with Gasteiger partial charge in [0.2, 0.25) is 5.82 Å². The molecule has 9 nitrogen and oxygen atoms in total. The minimum Gasteiger partial charge on any atom is -0.507 e. The van der Waals surface area contributed by atoms with Crippen molar-refractivity contribution in [3.63, 3.8) is 0 Å². The van der Waals surface area contributed by atoms with Gasteiger partial charge in [-0.3, -0.25) is 14.3 Å². The highest BCUT2D eigenvalue weighted by molar-refractivity contribution is 6.32. The number of carbonyl (C=O) groups is 1. The van der Waals surface area contributed by atoms with E-state index in [0.717, 1.165) is 56.7 Å². The molecular formula is C28H35ClN6O3. The van der Waals surface area contributed by atoms with Gasteiger partial charge < -0.3 is 20.1 Å². The molecule has 2 aromatic carbocycles. The van der Waals surface area contributed by atoms with Crippen molar-refractivity contribution in [3.05, 3.63) is 52.3 Å². The van der Waals surface area contributed by atoms with E-state index in [1.165, 1.54) is 0 Å². The van der Waals surface area contributed by atoms with E-state index in [1.807, 2.05) is 38.1 Å². The van der Waals surface area contributed by atoms with Crippen LogP contribution in [0.2, 0.25) is 5.02 Å². The Bertz CT molecular complexity index is 1330. The topological polar surface area (TPSA) is 95.8 Å². The molecule has 1 aliphatic carbocycles. The number of rotatable bonds is 8. The minimum atomic E-state index is -0.319.